The molecule has 0 saturated carbocycles. The van der Waals surface area contributed by atoms with E-state index in [0.29, 0.717) is 6.42 Å². The van der Waals surface area contributed by atoms with Crippen LogP contribution in [0.15, 0.2) is 12.2 Å². The fraction of sp³-hybridized carbons (Fsp3) is 0.824. The van der Waals surface area contributed by atoms with Crippen LogP contribution in [-0.2, 0) is 4.79 Å². The van der Waals surface area contributed by atoms with Crippen LogP contribution in [0.3, 0.4) is 0 Å². The van der Waals surface area contributed by atoms with Gasteiger partial charge in [-0.05, 0) is 45.2 Å². The van der Waals surface area contributed by atoms with Crippen molar-refractivity contribution in [2.24, 2.45) is 0 Å². The second-order valence-electron chi connectivity index (χ2n) is 6.38. The Kier molecular flexibility index (Phi) is 7.36. The number of hydrogen-bond donors (Lipinski definition) is 3. The Morgan fingerprint density at radius 2 is 2.09 bits per heavy atom. The van der Waals surface area contributed by atoms with Crippen molar-refractivity contribution in [3.8, 4) is 0 Å². The zero-order chi connectivity index (χ0) is 15.8. The van der Waals surface area contributed by atoms with Gasteiger partial charge in [0.1, 0.15) is 0 Å². The van der Waals surface area contributed by atoms with Crippen LogP contribution in [0.5, 0.6) is 0 Å². The molecule has 1 fully saturated rings. The predicted molar refractivity (Wildman–Crippen MR) is 88.7 cm³/mol. The summed E-state index contributed by atoms with van der Waals surface area (Å²) in [6.07, 6.45) is 9.27. The summed E-state index contributed by atoms with van der Waals surface area (Å²) in [5.74, 6) is 0.124. The average Bonchev–Trinajstić information content (AvgIpc) is 2.54. The minimum atomic E-state index is -0.320. The maximum Gasteiger partial charge on any atom is 0.221 e. The van der Waals surface area contributed by atoms with Gasteiger partial charge in [0.15, 0.2) is 0 Å². The quantitative estimate of drug-likeness (QED) is 0.667. The fourth-order valence-corrected chi connectivity index (χ4v) is 3.41. The first-order chi connectivity index (χ1) is 10.7. The normalized spacial score (nSPS) is 30.4. The number of rotatable bonds is 2. The molecule has 2 aliphatic heterocycles. The zero-order valence-corrected chi connectivity index (χ0v) is 13.8. The summed E-state index contributed by atoms with van der Waals surface area (Å²) in [7, 11) is 0. The summed E-state index contributed by atoms with van der Waals surface area (Å²) in [6.45, 7) is 5.73. The van der Waals surface area contributed by atoms with Gasteiger partial charge in [0.05, 0.1) is 6.10 Å². The minimum Gasteiger partial charge on any atom is -0.391 e. The molecule has 2 aliphatic rings. The van der Waals surface area contributed by atoms with Crippen molar-refractivity contribution in [2.75, 3.05) is 26.2 Å². The van der Waals surface area contributed by atoms with Gasteiger partial charge in [-0.1, -0.05) is 19.1 Å². The molecule has 3 unspecified atom stereocenters. The summed E-state index contributed by atoms with van der Waals surface area (Å²) in [4.78, 5) is 14.5. The molecule has 5 nitrogen and oxygen atoms in total. The first-order valence-corrected chi connectivity index (χ1v) is 8.80. The Balaban J connectivity index is 2.06. The number of aliphatic hydroxyl groups excluding tert-OH is 1. The first kappa shape index (κ1) is 17.4. The Bertz CT molecular complexity index is 373. The van der Waals surface area contributed by atoms with Gasteiger partial charge < -0.3 is 15.7 Å². The molecule has 3 N–H and O–H groups in total. The van der Waals surface area contributed by atoms with Crippen molar-refractivity contribution in [3.05, 3.63) is 12.2 Å². The molecule has 0 aliphatic carbocycles. The maximum absolute atomic E-state index is 12.1. The highest BCUT2D eigenvalue weighted by Gasteiger charge is 2.32. The van der Waals surface area contributed by atoms with E-state index in [1.165, 1.54) is 0 Å². The fourth-order valence-electron chi connectivity index (χ4n) is 3.41. The van der Waals surface area contributed by atoms with E-state index in [0.717, 1.165) is 58.3 Å². The number of carbonyl (C=O) groups excluding carboxylic acids is 1. The third-order valence-corrected chi connectivity index (χ3v) is 4.72. The molecule has 0 aromatic carbocycles. The number of amides is 1. The average molecular weight is 309 g/mol. The second kappa shape index (κ2) is 9.28. The molecule has 5 heteroatoms. The summed E-state index contributed by atoms with van der Waals surface area (Å²) in [6, 6.07) is 0.249. The summed E-state index contributed by atoms with van der Waals surface area (Å²) in [5.41, 5.74) is 0. The number of fused-ring (bicyclic) bond motifs is 1. The van der Waals surface area contributed by atoms with Gasteiger partial charge in [0.25, 0.3) is 0 Å². The molecule has 0 spiro atoms. The van der Waals surface area contributed by atoms with Crippen LogP contribution in [0.1, 0.15) is 45.4 Å². The van der Waals surface area contributed by atoms with Crippen LogP contribution in [0.2, 0.25) is 0 Å². The number of carbonyl (C=O) groups is 1. The molecular weight excluding hydrogens is 278 g/mol. The first-order valence-electron chi connectivity index (χ1n) is 8.80. The monoisotopic (exact) mass is 309 g/mol. The van der Waals surface area contributed by atoms with Crippen molar-refractivity contribution in [1.29, 1.82) is 0 Å². The Morgan fingerprint density at radius 3 is 2.91 bits per heavy atom. The highest BCUT2D eigenvalue weighted by atomic mass is 16.3. The molecule has 0 radical (unpaired) electrons. The standard InChI is InChI=1S/C17H31N3O2/c1-2-16(21)15-8-5-7-14-13-17(22)19-11-4-3-9-18-10-6-12-20(14)15/h5,7,14-16,18,21H,2-4,6,8-13H2,1H3,(H,19,22). The lowest BCUT2D eigenvalue weighted by Gasteiger charge is -2.41. The number of nitrogens with zero attached hydrogens (tertiary/aromatic N) is 1. The van der Waals surface area contributed by atoms with Gasteiger partial charge in [0.2, 0.25) is 5.91 Å². The summed E-state index contributed by atoms with van der Waals surface area (Å²) >= 11 is 0. The smallest absolute Gasteiger partial charge is 0.221 e. The van der Waals surface area contributed by atoms with Crippen molar-refractivity contribution in [3.63, 3.8) is 0 Å². The lowest BCUT2D eigenvalue weighted by atomic mass is 9.94. The van der Waals surface area contributed by atoms with Crippen LogP contribution in [-0.4, -0.2) is 60.3 Å². The Hall–Kier alpha value is -0.910. The molecule has 0 aromatic rings. The van der Waals surface area contributed by atoms with Gasteiger partial charge >= 0.3 is 0 Å². The molecule has 0 bridgehead atoms. The van der Waals surface area contributed by atoms with Crippen LogP contribution in [0.4, 0.5) is 0 Å². The van der Waals surface area contributed by atoms with Crippen LogP contribution >= 0.6 is 0 Å². The molecule has 1 amide bonds. The molecule has 126 valence electrons. The van der Waals surface area contributed by atoms with E-state index in [1.54, 1.807) is 0 Å². The maximum atomic E-state index is 12.1. The van der Waals surface area contributed by atoms with Gasteiger partial charge in [-0.2, -0.15) is 0 Å². The van der Waals surface area contributed by atoms with Crippen molar-refractivity contribution in [1.82, 2.24) is 15.5 Å². The number of hydrogen-bond acceptors (Lipinski definition) is 4. The van der Waals surface area contributed by atoms with Crippen molar-refractivity contribution < 1.29 is 9.90 Å². The largest absolute Gasteiger partial charge is 0.391 e. The van der Waals surface area contributed by atoms with E-state index in [-0.39, 0.29) is 24.1 Å². The van der Waals surface area contributed by atoms with E-state index < -0.39 is 0 Å². The van der Waals surface area contributed by atoms with Crippen LogP contribution in [0.25, 0.3) is 0 Å². The second-order valence-corrected chi connectivity index (χ2v) is 6.38. The van der Waals surface area contributed by atoms with Crippen LogP contribution in [0, 0.1) is 0 Å². The summed E-state index contributed by atoms with van der Waals surface area (Å²) < 4.78 is 0. The molecule has 2 heterocycles. The predicted octanol–water partition coefficient (Wildman–Crippen LogP) is 1.04. The molecule has 1 saturated heterocycles. The zero-order valence-electron chi connectivity index (χ0n) is 13.8. The number of nitrogens with one attached hydrogen (secondary N) is 2. The third-order valence-electron chi connectivity index (χ3n) is 4.72. The Labute approximate surface area is 134 Å². The molecule has 2 rings (SSSR count). The highest BCUT2D eigenvalue weighted by molar-refractivity contribution is 5.76. The molecule has 3 atom stereocenters. The van der Waals surface area contributed by atoms with Gasteiger partial charge in [-0.15, -0.1) is 0 Å². The minimum absolute atomic E-state index is 0.112. The topological polar surface area (TPSA) is 64.6 Å². The van der Waals surface area contributed by atoms with E-state index in [9.17, 15) is 9.90 Å². The lowest BCUT2D eigenvalue weighted by molar-refractivity contribution is -0.122. The molecule has 0 aromatic heterocycles. The van der Waals surface area contributed by atoms with Crippen molar-refractivity contribution in [2.45, 2.75) is 63.6 Å². The van der Waals surface area contributed by atoms with E-state index >= 15 is 0 Å². The van der Waals surface area contributed by atoms with Crippen LogP contribution < -0.4 is 10.6 Å². The third kappa shape index (κ3) is 5.07. The van der Waals surface area contributed by atoms with E-state index in [4.69, 9.17) is 0 Å². The SMILES string of the molecule is CCC(O)C1CC=CC2CC(=O)NCCCCNCCCN21. The van der Waals surface area contributed by atoms with Gasteiger partial charge in [-0.3, -0.25) is 9.69 Å². The van der Waals surface area contributed by atoms with E-state index in [1.807, 2.05) is 6.92 Å². The van der Waals surface area contributed by atoms with Gasteiger partial charge in [0, 0.05) is 31.6 Å². The molecule has 22 heavy (non-hydrogen) atoms. The summed E-state index contributed by atoms with van der Waals surface area (Å²) in [5, 5.41) is 16.8. The molecular formula is C17H31N3O2. The van der Waals surface area contributed by atoms with Gasteiger partial charge in [-0.25, -0.2) is 0 Å². The van der Waals surface area contributed by atoms with Crippen molar-refractivity contribution >= 4 is 5.91 Å². The number of aliphatic hydroxyl groups is 1. The lowest BCUT2D eigenvalue weighted by Crippen LogP contribution is -2.52. The van der Waals surface area contributed by atoms with E-state index in [2.05, 4.69) is 27.7 Å². The highest BCUT2D eigenvalue weighted by Crippen LogP contribution is 2.23. The Morgan fingerprint density at radius 1 is 1.32 bits per heavy atom.